The van der Waals surface area contributed by atoms with E-state index in [0.717, 1.165) is 16.7 Å². The molecule has 0 fully saturated rings. The molecular weight excluding hydrogens is 547 g/mol. The summed E-state index contributed by atoms with van der Waals surface area (Å²) in [5.41, 5.74) is 2.62. The molecule has 3 aromatic rings. The average molecular weight is 586 g/mol. The fourth-order valence-corrected chi connectivity index (χ4v) is 4.88. The Kier molecular flexibility index (Phi) is 12.2. The van der Waals surface area contributed by atoms with Gasteiger partial charge in [-0.3, -0.25) is 9.59 Å². The van der Waals surface area contributed by atoms with Crippen LogP contribution in [0.1, 0.15) is 50.8 Å². The Bertz CT molecular complexity index is 1270. The molecule has 0 spiro atoms. The third kappa shape index (κ3) is 9.17. The van der Waals surface area contributed by atoms with Crippen molar-refractivity contribution in [1.29, 1.82) is 0 Å². The van der Waals surface area contributed by atoms with Gasteiger partial charge < -0.3 is 19.7 Å². The summed E-state index contributed by atoms with van der Waals surface area (Å²) in [7, 11) is 0. The van der Waals surface area contributed by atoms with Gasteiger partial charge in [-0.05, 0) is 75.1 Å². The van der Waals surface area contributed by atoms with Crippen molar-refractivity contribution in [2.45, 2.75) is 65.6 Å². The first-order valence-electron chi connectivity index (χ1n) is 13.7. The zero-order valence-corrected chi connectivity index (χ0v) is 25.1. The fourth-order valence-electron chi connectivity index (χ4n) is 4.41. The minimum absolute atomic E-state index is 0.0808. The Balaban J connectivity index is 1.92. The summed E-state index contributed by atoms with van der Waals surface area (Å²) in [6, 6.07) is 19.8. The van der Waals surface area contributed by atoms with E-state index in [-0.39, 0.29) is 30.8 Å². The van der Waals surface area contributed by atoms with E-state index in [9.17, 15) is 9.59 Å². The van der Waals surface area contributed by atoms with Crippen molar-refractivity contribution in [3.63, 3.8) is 0 Å². The predicted octanol–water partition coefficient (Wildman–Crippen LogP) is 6.89. The fraction of sp³-hybridized carbons (Fsp3) is 0.375. The van der Waals surface area contributed by atoms with E-state index < -0.39 is 6.04 Å². The molecule has 40 heavy (non-hydrogen) atoms. The van der Waals surface area contributed by atoms with Crippen molar-refractivity contribution in [3.8, 4) is 11.5 Å². The van der Waals surface area contributed by atoms with Crippen LogP contribution < -0.4 is 14.8 Å². The SMILES string of the molecule is CCOc1ccc(CCC(=O)N(Cc2ccc(Cl)cc2Cl)C(Cc2ccccc2)C(=O)NC(C)C)cc1OCC. The second kappa shape index (κ2) is 15.5. The van der Waals surface area contributed by atoms with E-state index in [0.29, 0.717) is 47.6 Å². The zero-order valence-electron chi connectivity index (χ0n) is 23.6. The Morgan fingerprint density at radius 3 is 2.23 bits per heavy atom. The number of rotatable bonds is 14. The van der Waals surface area contributed by atoms with Gasteiger partial charge in [-0.2, -0.15) is 0 Å². The average Bonchev–Trinajstić information content (AvgIpc) is 2.92. The van der Waals surface area contributed by atoms with Gasteiger partial charge in [0.15, 0.2) is 11.5 Å². The summed E-state index contributed by atoms with van der Waals surface area (Å²) in [4.78, 5) is 29.1. The van der Waals surface area contributed by atoms with Crippen LogP contribution in [-0.2, 0) is 29.0 Å². The molecule has 1 unspecified atom stereocenters. The highest BCUT2D eigenvalue weighted by atomic mass is 35.5. The number of ether oxygens (including phenoxy) is 2. The summed E-state index contributed by atoms with van der Waals surface area (Å²) in [6.45, 7) is 8.85. The molecule has 3 aromatic carbocycles. The molecule has 214 valence electrons. The lowest BCUT2D eigenvalue weighted by molar-refractivity contribution is -0.141. The molecule has 1 atom stereocenters. The summed E-state index contributed by atoms with van der Waals surface area (Å²) in [5, 5.41) is 3.95. The van der Waals surface area contributed by atoms with Crippen molar-refractivity contribution in [3.05, 3.63) is 93.5 Å². The molecule has 0 saturated heterocycles. The number of aryl methyl sites for hydroxylation is 1. The molecule has 3 rings (SSSR count). The molecule has 0 aliphatic carbocycles. The number of amides is 2. The monoisotopic (exact) mass is 584 g/mol. The van der Waals surface area contributed by atoms with Gasteiger partial charge in [0.25, 0.3) is 0 Å². The second-order valence-electron chi connectivity index (χ2n) is 9.77. The van der Waals surface area contributed by atoms with Gasteiger partial charge in [0, 0.05) is 35.5 Å². The van der Waals surface area contributed by atoms with Crippen LogP contribution in [0.3, 0.4) is 0 Å². The Hall–Kier alpha value is -3.22. The van der Waals surface area contributed by atoms with Gasteiger partial charge >= 0.3 is 0 Å². The Labute approximate surface area is 247 Å². The number of hydrogen-bond acceptors (Lipinski definition) is 4. The topological polar surface area (TPSA) is 67.9 Å². The second-order valence-corrected chi connectivity index (χ2v) is 10.6. The third-order valence-electron chi connectivity index (χ3n) is 6.29. The lowest BCUT2D eigenvalue weighted by atomic mass is 10.0. The predicted molar refractivity (Wildman–Crippen MR) is 161 cm³/mol. The van der Waals surface area contributed by atoms with Gasteiger partial charge in [0.2, 0.25) is 11.8 Å². The van der Waals surface area contributed by atoms with E-state index in [4.69, 9.17) is 32.7 Å². The van der Waals surface area contributed by atoms with Gasteiger partial charge in [-0.1, -0.05) is 65.7 Å². The summed E-state index contributed by atoms with van der Waals surface area (Å²) < 4.78 is 11.4. The molecule has 0 bridgehead atoms. The minimum atomic E-state index is -0.733. The third-order valence-corrected chi connectivity index (χ3v) is 6.88. The molecule has 0 aromatic heterocycles. The highest BCUT2D eigenvalue weighted by Crippen LogP contribution is 2.29. The van der Waals surface area contributed by atoms with Crippen LogP contribution in [0.15, 0.2) is 66.7 Å². The maximum Gasteiger partial charge on any atom is 0.243 e. The van der Waals surface area contributed by atoms with E-state index in [1.54, 1.807) is 23.1 Å². The van der Waals surface area contributed by atoms with Gasteiger partial charge in [-0.15, -0.1) is 0 Å². The molecule has 8 heteroatoms. The molecule has 0 aliphatic rings. The van der Waals surface area contributed by atoms with E-state index >= 15 is 0 Å². The number of carbonyl (C=O) groups excluding carboxylic acids is 2. The number of hydrogen-bond donors (Lipinski definition) is 1. The first kappa shape index (κ1) is 31.3. The lowest BCUT2D eigenvalue weighted by Gasteiger charge is -2.32. The normalized spacial score (nSPS) is 11.7. The quantitative estimate of drug-likeness (QED) is 0.224. The van der Waals surface area contributed by atoms with Crippen molar-refractivity contribution in [2.24, 2.45) is 0 Å². The lowest BCUT2D eigenvalue weighted by Crippen LogP contribution is -2.51. The van der Waals surface area contributed by atoms with Crippen molar-refractivity contribution in [2.75, 3.05) is 13.2 Å². The van der Waals surface area contributed by atoms with Gasteiger partial charge in [0.1, 0.15) is 6.04 Å². The molecule has 0 heterocycles. The van der Waals surface area contributed by atoms with Crippen LogP contribution in [0.2, 0.25) is 10.0 Å². The van der Waals surface area contributed by atoms with E-state index in [2.05, 4.69) is 5.32 Å². The van der Waals surface area contributed by atoms with Crippen LogP contribution in [-0.4, -0.2) is 42.0 Å². The standard InChI is InChI=1S/C32H38Cl2N2O4/c1-5-39-29-16-12-24(19-30(29)40-6-2)13-17-31(37)36(21-25-14-15-26(33)20-27(25)34)28(32(38)35-22(3)4)18-23-10-8-7-9-11-23/h7-12,14-16,19-20,22,28H,5-6,13,17-18,21H2,1-4H3,(H,35,38). The van der Waals surface area contributed by atoms with Crippen LogP contribution in [0, 0.1) is 0 Å². The molecule has 0 radical (unpaired) electrons. The van der Waals surface area contributed by atoms with Gasteiger partial charge in [0.05, 0.1) is 13.2 Å². The van der Waals surface area contributed by atoms with Crippen LogP contribution in [0.25, 0.3) is 0 Å². The first-order chi connectivity index (χ1) is 19.2. The molecule has 0 saturated carbocycles. The number of benzene rings is 3. The minimum Gasteiger partial charge on any atom is -0.490 e. The molecule has 2 amide bonds. The summed E-state index contributed by atoms with van der Waals surface area (Å²) in [5.74, 6) is 0.957. The number of nitrogens with one attached hydrogen (secondary N) is 1. The number of nitrogens with zero attached hydrogens (tertiary/aromatic N) is 1. The largest absolute Gasteiger partial charge is 0.490 e. The maximum absolute atomic E-state index is 13.9. The van der Waals surface area contributed by atoms with Crippen LogP contribution in [0.5, 0.6) is 11.5 Å². The zero-order chi connectivity index (χ0) is 29.1. The Morgan fingerprint density at radius 2 is 1.57 bits per heavy atom. The van der Waals surface area contributed by atoms with Crippen molar-refractivity contribution < 1.29 is 19.1 Å². The highest BCUT2D eigenvalue weighted by molar-refractivity contribution is 6.35. The summed E-state index contributed by atoms with van der Waals surface area (Å²) >= 11 is 12.6. The van der Waals surface area contributed by atoms with Gasteiger partial charge in [-0.25, -0.2) is 0 Å². The first-order valence-corrected chi connectivity index (χ1v) is 14.4. The van der Waals surface area contributed by atoms with Crippen LogP contribution in [0.4, 0.5) is 0 Å². The molecule has 6 nitrogen and oxygen atoms in total. The summed E-state index contributed by atoms with van der Waals surface area (Å²) in [6.07, 6.45) is 1.04. The maximum atomic E-state index is 13.9. The van der Waals surface area contributed by atoms with Crippen LogP contribution >= 0.6 is 23.2 Å². The smallest absolute Gasteiger partial charge is 0.243 e. The Morgan fingerprint density at radius 1 is 0.875 bits per heavy atom. The number of carbonyl (C=O) groups is 2. The number of halogens is 2. The van der Waals surface area contributed by atoms with Crippen molar-refractivity contribution >= 4 is 35.0 Å². The molecule has 0 aliphatic heterocycles. The van der Waals surface area contributed by atoms with E-state index in [1.165, 1.54) is 0 Å². The molecular formula is C32H38Cl2N2O4. The van der Waals surface area contributed by atoms with E-state index in [1.807, 2.05) is 76.2 Å². The highest BCUT2D eigenvalue weighted by Gasteiger charge is 2.31. The molecule has 1 N–H and O–H groups in total. The van der Waals surface area contributed by atoms with Crippen molar-refractivity contribution in [1.82, 2.24) is 10.2 Å².